The molecule has 7 rings (SSSR count). The van der Waals surface area contributed by atoms with Gasteiger partial charge in [-0.15, -0.1) is 0 Å². The van der Waals surface area contributed by atoms with Crippen LogP contribution in [-0.2, 0) is 26.9 Å². The molecule has 44 heavy (non-hydrogen) atoms. The number of ether oxygens (including phenoxy) is 1. The zero-order valence-corrected chi connectivity index (χ0v) is 27.3. The van der Waals surface area contributed by atoms with Crippen LogP contribution in [0.4, 0.5) is 0 Å². The summed E-state index contributed by atoms with van der Waals surface area (Å²) in [5.74, 6) is 1.56. The van der Waals surface area contributed by atoms with Crippen LogP contribution in [0, 0.1) is 23.2 Å². The summed E-state index contributed by atoms with van der Waals surface area (Å²) in [6, 6.07) is 13.1. The summed E-state index contributed by atoms with van der Waals surface area (Å²) >= 11 is 0. The molecule has 4 aliphatic carbocycles. The van der Waals surface area contributed by atoms with Crippen molar-refractivity contribution in [2.24, 2.45) is 23.2 Å². The Hall–Kier alpha value is -2.84. The molecular weight excluding hydrogens is 551 g/mol. The van der Waals surface area contributed by atoms with Crippen molar-refractivity contribution in [3.63, 3.8) is 0 Å². The van der Waals surface area contributed by atoms with Gasteiger partial charge in [0.2, 0.25) is 5.91 Å². The summed E-state index contributed by atoms with van der Waals surface area (Å²) in [6.07, 6.45) is 7.21. The van der Waals surface area contributed by atoms with Crippen LogP contribution in [0.15, 0.2) is 42.5 Å². The Kier molecular flexibility index (Phi) is 8.61. The zero-order valence-electron chi connectivity index (χ0n) is 27.3. The molecule has 1 heterocycles. The molecule has 3 saturated carbocycles. The molecule has 6 atom stereocenters. The standard InChI is InChI=1S/C36H49BN2O5/c1-22(2)17-32(37-43-31-20-25-19-30(35(25,3)4)36(31,5)44-37)39-33(40)21-29(24-13-9-14-26(18-24)42-6)38-34(41)28-16-10-12-23-11-7-8-15-27(23)28/h9-10,12-14,16,18,22,25,29-32H,7-8,11,15,17,19-21H2,1-6H3,(H,38,41)(H,39,40)/t25-,29?,30-,31+,32-,36-/m0/s1. The second-order valence-electron chi connectivity index (χ2n) is 14.8. The van der Waals surface area contributed by atoms with Crippen LogP contribution >= 0.6 is 0 Å². The topological polar surface area (TPSA) is 85.9 Å². The van der Waals surface area contributed by atoms with Crippen molar-refractivity contribution in [2.75, 3.05) is 7.11 Å². The van der Waals surface area contributed by atoms with E-state index in [9.17, 15) is 9.59 Å². The van der Waals surface area contributed by atoms with Gasteiger partial charge in [0.1, 0.15) is 5.75 Å². The van der Waals surface area contributed by atoms with Crippen molar-refractivity contribution in [3.8, 4) is 5.75 Å². The van der Waals surface area contributed by atoms with Gasteiger partial charge in [0.25, 0.3) is 5.91 Å². The first-order valence-electron chi connectivity index (χ1n) is 16.7. The van der Waals surface area contributed by atoms with Crippen molar-refractivity contribution in [1.82, 2.24) is 10.6 Å². The molecule has 2 N–H and O–H groups in total. The average Bonchev–Trinajstić information content (AvgIpc) is 3.37. The third-order valence-corrected chi connectivity index (χ3v) is 11.2. The number of hydrogen-bond donors (Lipinski definition) is 2. The fourth-order valence-electron chi connectivity index (χ4n) is 8.61. The van der Waals surface area contributed by atoms with E-state index in [2.05, 4.69) is 51.3 Å². The Bertz CT molecular complexity index is 1390. The highest BCUT2D eigenvalue weighted by molar-refractivity contribution is 6.47. The average molecular weight is 601 g/mol. The first-order valence-corrected chi connectivity index (χ1v) is 16.7. The molecule has 2 aromatic rings. The van der Waals surface area contributed by atoms with Gasteiger partial charge < -0.3 is 24.7 Å². The number of benzene rings is 2. The van der Waals surface area contributed by atoms with Crippen molar-refractivity contribution < 1.29 is 23.6 Å². The van der Waals surface area contributed by atoms with Gasteiger partial charge in [-0.05, 0) is 110 Å². The van der Waals surface area contributed by atoms with E-state index in [0.29, 0.717) is 29.1 Å². The molecule has 2 aromatic carbocycles. The number of amides is 2. The smallest absolute Gasteiger partial charge is 0.481 e. The summed E-state index contributed by atoms with van der Waals surface area (Å²) < 4.78 is 18.9. The van der Waals surface area contributed by atoms with Crippen LogP contribution < -0.4 is 15.4 Å². The molecule has 7 nitrogen and oxygen atoms in total. The van der Waals surface area contributed by atoms with Gasteiger partial charge in [-0.3, -0.25) is 9.59 Å². The third-order valence-electron chi connectivity index (χ3n) is 11.2. The Morgan fingerprint density at radius 1 is 1.05 bits per heavy atom. The highest BCUT2D eigenvalue weighted by Gasteiger charge is 2.68. The Balaban J connectivity index is 1.20. The number of carbonyl (C=O) groups excluding carboxylic acids is 2. The lowest BCUT2D eigenvalue weighted by atomic mass is 9.43. The molecule has 1 saturated heterocycles. The van der Waals surface area contributed by atoms with E-state index in [1.807, 2.05) is 36.4 Å². The molecule has 1 aliphatic heterocycles. The van der Waals surface area contributed by atoms with Crippen LogP contribution in [0.2, 0.25) is 0 Å². The Labute approximate surface area is 263 Å². The largest absolute Gasteiger partial charge is 0.497 e. The second kappa shape index (κ2) is 12.2. The summed E-state index contributed by atoms with van der Waals surface area (Å²) in [7, 11) is 1.13. The highest BCUT2D eigenvalue weighted by Crippen LogP contribution is 2.65. The van der Waals surface area contributed by atoms with Crippen LogP contribution in [0.5, 0.6) is 5.75 Å². The summed E-state index contributed by atoms with van der Waals surface area (Å²) in [5.41, 5.74) is 3.83. The van der Waals surface area contributed by atoms with Gasteiger partial charge in [0, 0.05) is 5.56 Å². The van der Waals surface area contributed by atoms with Gasteiger partial charge in [0.05, 0.1) is 37.2 Å². The maximum absolute atomic E-state index is 13.8. The Morgan fingerprint density at radius 2 is 1.82 bits per heavy atom. The van der Waals surface area contributed by atoms with E-state index in [0.717, 1.165) is 49.7 Å². The van der Waals surface area contributed by atoms with E-state index < -0.39 is 13.2 Å². The van der Waals surface area contributed by atoms with Crippen LogP contribution in [0.1, 0.15) is 106 Å². The van der Waals surface area contributed by atoms with Gasteiger partial charge >= 0.3 is 7.12 Å². The third kappa shape index (κ3) is 5.80. The zero-order chi connectivity index (χ0) is 31.2. The quantitative estimate of drug-likeness (QED) is 0.316. The Morgan fingerprint density at radius 3 is 2.57 bits per heavy atom. The number of fused-ring (bicyclic) bond motifs is 1. The van der Waals surface area contributed by atoms with E-state index in [1.165, 1.54) is 12.0 Å². The highest BCUT2D eigenvalue weighted by atomic mass is 16.7. The fraction of sp³-hybridized carbons (Fsp3) is 0.611. The summed E-state index contributed by atoms with van der Waals surface area (Å²) in [5, 5.41) is 6.50. The summed E-state index contributed by atoms with van der Waals surface area (Å²) in [4.78, 5) is 27.6. The molecular formula is C36H49BN2O5. The van der Waals surface area contributed by atoms with E-state index >= 15 is 0 Å². The minimum Gasteiger partial charge on any atom is -0.497 e. The molecule has 2 bridgehead atoms. The first kappa shape index (κ1) is 31.2. The second-order valence-corrected chi connectivity index (χ2v) is 14.8. The van der Waals surface area contributed by atoms with Gasteiger partial charge in [-0.1, -0.05) is 52.0 Å². The molecule has 0 spiro atoms. The SMILES string of the molecule is COc1cccc(C(CC(=O)N[C@@H](CC(C)C)B2O[C@@H]3C[C@@H]4C[C@@H](C4(C)C)[C@]3(C)O2)NC(=O)c2cccc3c2CCCC3)c1. The molecule has 1 unspecified atom stereocenters. The van der Waals surface area contributed by atoms with Crippen molar-refractivity contribution in [1.29, 1.82) is 0 Å². The number of hydrogen-bond acceptors (Lipinski definition) is 5. The maximum atomic E-state index is 13.8. The lowest BCUT2D eigenvalue weighted by Crippen LogP contribution is -2.65. The van der Waals surface area contributed by atoms with Crippen molar-refractivity contribution in [2.45, 2.75) is 110 Å². The molecule has 4 fully saturated rings. The maximum Gasteiger partial charge on any atom is 0.481 e. The van der Waals surface area contributed by atoms with E-state index in [1.54, 1.807) is 7.11 Å². The van der Waals surface area contributed by atoms with Crippen LogP contribution in [0.25, 0.3) is 0 Å². The number of nitrogens with one attached hydrogen (secondary N) is 2. The predicted molar refractivity (Wildman–Crippen MR) is 172 cm³/mol. The normalized spacial score (nSPS) is 27.9. The molecule has 0 aromatic heterocycles. The lowest BCUT2D eigenvalue weighted by Gasteiger charge is -2.64. The monoisotopic (exact) mass is 600 g/mol. The molecule has 8 heteroatoms. The van der Waals surface area contributed by atoms with Crippen molar-refractivity contribution >= 4 is 18.9 Å². The van der Waals surface area contributed by atoms with Gasteiger partial charge in [-0.25, -0.2) is 0 Å². The van der Waals surface area contributed by atoms with Gasteiger partial charge in [-0.2, -0.15) is 0 Å². The minimum absolute atomic E-state index is 0.0523. The molecule has 2 amide bonds. The van der Waals surface area contributed by atoms with E-state index in [4.69, 9.17) is 14.0 Å². The minimum atomic E-state index is -0.532. The van der Waals surface area contributed by atoms with Gasteiger partial charge in [0.15, 0.2) is 0 Å². The predicted octanol–water partition coefficient (Wildman–Crippen LogP) is 6.23. The number of methoxy groups -OCH3 is 1. The van der Waals surface area contributed by atoms with Crippen LogP contribution in [-0.4, -0.2) is 43.7 Å². The molecule has 236 valence electrons. The number of aryl methyl sites for hydroxylation is 1. The number of carbonyl (C=O) groups is 2. The fourth-order valence-corrected chi connectivity index (χ4v) is 8.61. The van der Waals surface area contributed by atoms with Crippen LogP contribution in [0.3, 0.4) is 0 Å². The van der Waals surface area contributed by atoms with Crippen molar-refractivity contribution in [3.05, 3.63) is 64.7 Å². The number of rotatable bonds is 10. The first-order chi connectivity index (χ1) is 21.0. The molecule has 0 radical (unpaired) electrons. The lowest BCUT2D eigenvalue weighted by molar-refractivity contribution is -0.199. The molecule has 5 aliphatic rings. The van der Waals surface area contributed by atoms with E-state index in [-0.39, 0.29) is 41.3 Å². The summed E-state index contributed by atoms with van der Waals surface area (Å²) in [6.45, 7) is 11.2.